The Labute approximate surface area is 129 Å². The third-order valence-corrected chi connectivity index (χ3v) is 3.20. The number of hydrogen-bond donors (Lipinski definition) is 1. The molecule has 0 unspecified atom stereocenters. The van der Waals surface area contributed by atoms with Crippen LogP contribution in [0.4, 0.5) is 0 Å². The molecule has 0 atom stereocenters. The summed E-state index contributed by atoms with van der Waals surface area (Å²) in [5.41, 5.74) is 7.56. The molecule has 5 heteroatoms. The summed E-state index contributed by atoms with van der Waals surface area (Å²) in [6.07, 6.45) is 0. The molecular formula is C16H18ClNO3. The third-order valence-electron chi connectivity index (χ3n) is 2.92. The summed E-state index contributed by atoms with van der Waals surface area (Å²) in [4.78, 5) is 0. The fraction of sp³-hybridized carbons (Fsp3) is 0.250. The first kappa shape index (κ1) is 15.6. The Morgan fingerprint density at radius 1 is 1.10 bits per heavy atom. The van der Waals surface area contributed by atoms with Crippen LogP contribution < -0.4 is 15.2 Å². The summed E-state index contributed by atoms with van der Waals surface area (Å²) < 4.78 is 16.3. The predicted molar refractivity (Wildman–Crippen MR) is 82.6 cm³/mol. The van der Waals surface area contributed by atoms with Crippen LogP contribution in [0.3, 0.4) is 0 Å². The van der Waals surface area contributed by atoms with Gasteiger partial charge in [0.1, 0.15) is 0 Å². The Kier molecular flexibility index (Phi) is 5.87. The van der Waals surface area contributed by atoms with Crippen molar-refractivity contribution in [3.63, 3.8) is 0 Å². The Morgan fingerprint density at radius 2 is 1.86 bits per heavy atom. The molecule has 0 saturated heterocycles. The van der Waals surface area contributed by atoms with Crippen LogP contribution in [0.2, 0.25) is 5.02 Å². The van der Waals surface area contributed by atoms with Gasteiger partial charge in [0, 0.05) is 6.54 Å². The zero-order valence-electron chi connectivity index (χ0n) is 11.8. The lowest BCUT2D eigenvalue weighted by molar-refractivity contribution is 0.00380. The van der Waals surface area contributed by atoms with E-state index in [0.717, 1.165) is 11.1 Å². The van der Waals surface area contributed by atoms with E-state index < -0.39 is 0 Å². The Hall–Kier alpha value is -1.75. The molecule has 0 aromatic heterocycles. The van der Waals surface area contributed by atoms with Crippen LogP contribution in [0.25, 0.3) is 0 Å². The Bertz CT molecular complexity index is 575. The zero-order valence-corrected chi connectivity index (χ0v) is 12.6. The number of methoxy groups -OCH3 is 1. The van der Waals surface area contributed by atoms with Gasteiger partial charge >= 0.3 is 0 Å². The molecular weight excluding hydrogens is 290 g/mol. The average Bonchev–Trinajstić information content (AvgIpc) is 2.53. The zero-order chi connectivity index (χ0) is 15.1. The largest absolute Gasteiger partial charge is 0.493 e. The molecule has 2 N–H and O–H groups in total. The molecule has 0 aliphatic carbocycles. The van der Waals surface area contributed by atoms with E-state index in [2.05, 4.69) is 0 Å². The maximum absolute atomic E-state index is 6.17. The van der Waals surface area contributed by atoms with Crippen molar-refractivity contribution in [2.24, 2.45) is 5.73 Å². The van der Waals surface area contributed by atoms with Crippen LogP contribution in [0.5, 0.6) is 11.5 Å². The highest BCUT2D eigenvalue weighted by molar-refractivity contribution is 6.32. The van der Waals surface area contributed by atoms with Crippen molar-refractivity contribution in [3.8, 4) is 11.5 Å². The molecule has 4 nitrogen and oxygen atoms in total. The van der Waals surface area contributed by atoms with Crippen molar-refractivity contribution >= 4 is 11.6 Å². The van der Waals surface area contributed by atoms with Gasteiger partial charge in [-0.15, -0.1) is 0 Å². The molecule has 0 saturated carbocycles. The first-order valence-corrected chi connectivity index (χ1v) is 6.93. The van der Waals surface area contributed by atoms with E-state index in [1.807, 2.05) is 30.3 Å². The highest BCUT2D eigenvalue weighted by Gasteiger charge is 2.11. The molecule has 0 aliphatic rings. The molecule has 112 valence electrons. The lowest BCUT2D eigenvalue weighted by Crippen LogP contribution is -2.05. The first-order valence-electron chi connectivity index (χ1n) is 6.55. The molecule has 0 spiro atoms. The van der Waals surface area contributed by atoms with E-state index in [0.29, 0.717) is 29.7 Å². The van der Waals surface area contributed by atoms with Crippen LogP contribution in [0.1, 0.15) is 11.1 Å². The number of rotatable bonds is 7. The number of halogens is 1. The number of nitrogens with two attached hydrogens (primary N) is 1. The van der Waals surface area contributed by atoms with Crippen LogP contribution in [-0.4, -0.2) is 13.9 Å². The minimum Gasteiger partial charge on any atom is -0.493 e. The minimum atomic E-state index is 0.0902. The van der Waals surface area contributed by atoms with Gasteiger partial charge in [0.25, 0.3) is 0 Å². The second-order valence-corrected chi connectivity index (χ2v) is 4.82. The number of hydrogen-bond acceptors (Lipinski definition) is 4. The second-order valence-electron chi connectivity index (χ2n) is 4.41. The van der Waals surface area contributed by atoms with Crippen molar-refractivity contribution in [1.82, 2.24) is 0 Å². The SMILES string of the molecule is COc1cc(CN)cc(Cl)c1OCOCc1ccccc1. The molecule has 0 bridgehead atoms. The predicted octanol–water partition coefficient (Wildman–Crippen LogP) is 3.36. The monoisotopic (exact) mass is 307 g/mol. The van der Waals surface area contributed by atoms with Gasteiger partial charge in [-0.05, 0) is 23.3 Å². The molecule has 0 fully saturated rings. The highest BCUT2D eigenvalue weighted by atomic mass is 35.5. The lowest BCUT2D eigenvalue weighted by atomic mass is 10.2. The molecule has 2 rings (SSSR count). The number of ether oxygens (including phenoxy) is 3. The van der Waals surface area contributed by atoms with Gasteiger partial charge in [-0.2, -0.15) is 0 Å². The maximum Gasteiger partial charge on any atom is 0.189 e. The molecule has 0 amide bonds. The fourth-order valence-electron chi connectivity index (χ4n) is 1.87. The average molecular weight is 308 g/mol. The van der Waals surface area contributed by atoms with Crippen LogP contribution in [0.15, 0.2) is 42.5 Å². The van der Waals surface area contributed by atoms with E-state index in [-0.39, 0.29) is 6.79 Å². The first-order chi connectivity index (χ1) is 10.2. The quantitative estimate of drug-likeness (QED) is 0.629. The van der Waals surface area contributed by atoms with Gasteiger partial charge in [-0.3, -0.25) is 0 Å². The van der Waals surface area contributed by atoms with Gasteiger partial charge in [0.15, 0.2) is 18.3 Å². The van der Waals surface area contributed by atoms with E-state index >= 15 is 0 Å². The Balaban J connectivity index is 1.93. The molecule has 0 aliphatic heterocycles. The molecule has 2 aromatic carbocycles. The van der Waals surface area contributed by atoms with E-state index in [1.54, 1.807) is 19.2 Å². The van der Waals surface area contributed by atoms with Gasteiger partial charge in [0.2, 0.25) is 0 Å². The maximum atomic E-state index is 6.17. The summed E-state index contributed by atoms with van der Waals surface area (Å²) in [5.74, 6) is 1.01. The normalized spacial score (nSPS) is 10.4. The van der Waals surface area contributed by atoms with E-state index in [9.17, 15) is 0 Å². The summed E-state index contributed by atoms with van der Waals surface area (Å²) >= 11 is 6.17. The van der Waals surface area contributed by atoms with E-state index in [4.69, 9.17) is 31.5 Å². The third kappa shape index (κ3) is 4.36. The van der Waals surface area contributed by atoms with Gasteiger partial charge in [-0.25, -0.2) is 0 Å². The van der Waals surface area contributed by atoms with Crippen LogP contribution in [-0.2, 0) is 17.9 Å². The molecule has 2 aromatic rings. The van der Waals surface area contributed by atoms with Crippen molar-refractivity contribution in [2.45, 2.75) is 13.2 Å². The summed E-state index contributed by atoms with van der Waals surface area (Å²) in [7, 11) is 1.56. The second kappa shape index (κ2) is 7.88. The topological polar surface area (TPSA) is 53.7 Å². The van der Waals surface area contributed by atoms with Gasteiger partial charge in [0.05, 0.1) is 18.7 Å². The van der Waals surface area contributed by atoms with Crippen molar-refractivity contribution in [1.29, 1.82) is 0 Å². The van der Waals surface area contributed by atoms with Crippen molar-refractivity contribution in [3.05, 3.63) is 58.6 Å². The summed E-state index contributed by atoms with van der Waals surface area (Å²) in [5, 5.41) is 0.457. The standard InChI is InChI=1S/C16H18ClNO3/c1-19-15-8-13(9-18)7-14(17)16(15)21-11-20-10-12-5-3-2-4-6-12/h2-8H,9-11,18H2,1H3. The summed E-state index contributed by atoms with van der Waals surface area (Å²) in [6, 6.07) is 13.4. The number of benzene rings is 2. The van der Waals surface area contributed by atoms with Crippen LogP contribution >= 0.6 is 11.6 Å². The minimum absolute atomic E-state index is 0.0902. The summed E-state index contributed by atoms with van der Waals surface area (Å²) in [6.45, 7) is 0.954. The van der Waals surface area contributed by atoms with Crippen molar-refractivity contribution < 1.29 is 14.2 Å². The molecule has 0 radical (unpaired) electrons. The fourth-order valence-corrected chi connectivity index (χ4v) is 2.15. The molecule has 0 heterocycles. The van der Waals surface area contributed by atoms with Gasteiger partial charge < -0.3 is 19.9 Å². The lowest BCUT2D eigenvalue weighted by Gasteiger charge is -2.14. The van der Waals surface area contributed by atoms with Gasteiger partial charge in [-0.1, -0.05) is 41.9 Å². The van der Waals surface area contributed by atoms with E-state index in [1.165, 1.54) is 0 Å². The van der Waals surface area contributed by atoms with Crippen LogP contribution in [0, 0.1) is 0 Å². The molecule has 21 heavy (non-hydrogen) atoms. The smallest absolute Gasteiger partial charge is 0.189 e. The van der Waals surface area contributed by atoms with Crippen molar-refractivity contribution in [2.75, 3.05) is 13.9 Å². The Morgan fingerprint density at radius 3 is 2.52 bits per heavy atom. The highest BCUT2D eigenvalue weighted by Crippen LogP contribution is 2.36.